The molecule has 1 aromatic heterocycles. The number of amides is 1. The van der Waals surface area contributed by atoms with Crippen molar-refractivity contribution in [1.29, 1.82) is 0 Å². The molecule has 2 aromatic carbocycles. The number of hydrogen-bond acceptors (Lipinski definition) is 4. The van der Waals surface area contributed by atoms with Crippen molar-refractivity contribution < 1.29 is 4.79 Å². The van der Waals surface area contributed by atoms with Gasteiger partial charge < -0.3 is 19.3 Å². The van der Waals surface area contributed by atoms with Gasteiger partial charge in [0.25, 0.3) is 0 Å². The Morgan fingerprint density at radius 2 is 1.88 bits per heavy atom. The van der Waals surface area contributed by atoms with Crippen LogP contribution in [-0.4, -0.2) is 71.6 Å². The van der Waals surface area contributed by atoms with E-state index in [1.54, 1.807) is 0 Å². The lowest BCUT2D eigenvalue weighted by molar-refractivity contribution is -0.134. The zero-order valence-corrected chi connectivity index (χ0v) is 19.4. The largest absolute Gasteiger partial charge is 0.371 e. The highest BCUT2D eigenvalue weighted by Gasteiger charge is 2.34. The van der Waals surface area contributed by atoms with Crippen LogP contribution in [0, 0.1) is 5.92 Å². The maximum absolute atomic E-state index is 13.2. The van der Waals surface area contributed by atoms with Gasteiger partial charge in [0.2, 0.25) is 5.91 Å². The predicted molar refractivity (Wildman–Crippen MR) is 130 cm³/mol. The summed E-state index contributed by atoms with van der Waals surface area (Å²) in [6.07, 6.45) is 3.12. The molecular weight excluding hydrogens is 398 g/mol. The molecule has 2 aliphatic heterocycles. The SMILES string of the molecule is CN(C)C1CCN(C(=O)[C@@H]2CCCN(c3cccc(-c4nc5ccccc5n4C)c3)C2)C1. The molecule has 0 aliphatic carbocycles. The van der Waals surface area contributed by atoms with Crippen LogP contribution in [0.2, 0.25) is 0 Å². The molecule has 2 saturated heterocycles. The van der Waals surface area contributed by atoms with E-state index >= 15 is 0 Å². The third-order valence-corrected chi connectivity index (χ3v) is 7.23. The quantitative estimate of drug-likeness (QED) is 0.633. The second-order valence-corrected chi connectivity index (χ2v) is 9.51. The van der Waals surface area contributed by atoms with Crippen LogP contribution in [0.4, 0.5) is 5.69 Å². The van der Waals surface area contributed by atoms with Gasteiger partial charge in [-0.3, -0.25) is 4.79 Å². The maximum Gasteiger partial charge on any atom is 0.227 e. The number of likely N-dealkylation sites (tertiary alicyclic amines) is 1. The van der Waals surface area contributed by atoms with Gasteiger partial charge in [0.05, 0.1) is 17.0 Å². The highest BCUT2D eigenvalue weighted by Crippen LogP contribution is 2.30. The summed E-state index contributed by atoms with van der Waals surface area (Å²) in [6, 6.07) is 17.4. The molecule has 0 spiro atoms. The molecule has 1 unspecified atom stereocenters. The molecule has 2 fully saturated rings. The molecule has 1 amide bonds. The lowest BCUT2D eigenvalue weighted by atomic mass is 9.96. The van der Waals surface area contributed by atoms with Crippen molar-refractivity contribution in [2.24, 2.45) is 13.0 Å². The molecule has 2 aliphatic rings. The number of carbonyl (C=O) groups is 1. The van der Waals surface area contributed by atoms with E-state index in [4.69, 9.17) is 4.98 Å². The number of anilines is 1. The molecule has 5 rings (SSSR count). The van der Waals surface area contributed by atoms with E-state index in [2.05, 4.69) is 82.9 Å². The van der Waals surface area contributed by atoms with E-state index in [9.17, 15) is 4.79 Å². The Hall–Kier alpha value is -2.86. The Balaban J connectivity index is 1.34. The number of rotatable bonds is 4. The average Bonchev–Trinajstić information content (AvgIpc) is 3.45. The number of hydrogen-bond donors (Lipinski definition) is 0. The number of aryl methyl sites for hydroxylation is 1. The molecule has 168 valence electrons. The third kappa shape index (κ3) is 3.88. The Bertz CT molecular complexity index is 1120. The van der Waals surface area contributed by atoms with Gasteiger partial charge in [-0.05, 0) is 57.6 Å². The molecule has 3 aromatic rings. The minimum Gasteiger partial charge on any atom is -0.371 e. The van der Waals surface area contributed by atoms with Gasteiger partial charge in [-0.25, -0.2) is 4.98 Å². The van der Waals surface area contributed by atoms with Crippen molar-refractivity contribution in [2.45, 2.75) is 25.3 Å². The molecule has 0 bridgehead atoms. The first-order valence-corrected chi connectivity index (χ1v) is 11.7. The third-order valence-electron chi connectivity index (χ3n) is 7.23. The Morgan fingerprint density at radius 1 is 1.03 bits per heavy atom. The van der Waals surface area contributed by atoms with Crippen LogP contribution < -0.4 is 4.90 Å². The first-order chi connectivity index (χ1) is 15.5. The topological polar surface area (TPSA) is 44.6 Å². The van der Waals surface area contributed by atoms with E-state index in [1.807, 2.05) is 6.07 Å². The van der Waals surface area contributed by atoms with E-state index in [-0.39, 0.29) is 5.92 Å². The molecule has 0 radical (unpaired) electrons. The molecule has 0 saturated carbocycles. The Labute approximate surface area is 190 Å². The maximum atomic E-state index is 13.2. The number of imidazole rings is 1. The number of aromatic nitrogens is 2. The second kappa shape index (κ2) is 8.58. The van der Waals surface area contributed by atoms with Crippen LogP contribution in [0.5, 0.6) is 0 Å². The highest BCUT2D eigenvalue weighted by atomic mass is 16.2. The summed E-state index contributed by atoms with van der Waals surface area (Å²) in [4.78, 5) is 24.8. The highest BCUT2D eigenvalue weighted by molar-refractivity contribution is 5.82. The summed E-state index contributed by atoms with van der Waals surface area (Å²) in [5.74, 6) is 1.40. The van der Waals surface area contributed by atoms with Crippen molar-refractivity contribution in [3.05, 3.63) is 48.5 Å². The van der Waals surface area contributed by atoms with Crippen LogP contribution in [0.25, 0.3) is 22.4 Å². The molecule has 3 heterocycles. The number of piperidine rings is 1. The number of likely N-dealkylation sites (N-methyl/N-ethyl adjacent to an activating group) is 1. The molecule has 0 N–H and O–H groups in total. The number of para-hydroxylation sites is 2. The van der Waals surface area contributed by atoms with Crippen LogP contribution in [0.15, 0.2) is 48.5 Å². The van der Waals surface area contributed by atoms with Gasteiger partial charge in [-0.15, -0.1) is 0 Å². The zero-order chi connectivity index (χ0) is 22.2. The normalized spacial score (nSPS) is 21.6. The van der Waals surface area contributed by atoms with E-state index in [0.717, 1.165) is 67.9 Å². The summed E-state index contributed by atoms with van der Waals surface area (Å²) in [7, 11) is 6.29. The fraction of sp³-hybridized carbons (Fsp3) is 0.462. The lowest BCUT2D eigenvalue weighted by Crippen LogP contribution is -2.45. The predicted octanol–water partition coefficient (Wildman–Crippen LogP) is 3.62. The van der Waals surface area contributed by atoms with Crippen LogP contribution >= 0.6 is 0 Å². The lowest BCUT2D eigenvalue weighted by Gasteiger charge is -2.35. The Morgan fingerprint density at radius 3 is 2.66 bits per heavy atom. The van der Waals surface area contributed by atoms with E-state index < -0.39 is 0 Å². The molecule has 32 heavy (non-hydrogen) atoms. The van der Waals surface area contributed by atoms with Gasteiger partial charge >= 0.3 is 0 Å². The van der Waals surface area contributed by atoms with Gasteiger partial charge in [0, 0.05) is 50.5 Å². The minimum atomic E-state index is 0.0871. The Kier molecular flexibility index (Phi) is 5.64. The summed E-state index contributed by atoms with van der Waals surface area (Å²) in [5, 5.41) is 0. The van der Waals surface area contributed by atoms with Gasteiger partial charge in [0.15, 0.2) is 0 Å². The monoisotopic (exact) mass is 431 g/mol. The number of nitrogens with zero attached hydrogens (tertiary/aromatic N) is 5. The summed E-state index contributed by atoms with van der Waals surface area (Å²) >= 11 is 0. The number of carbonyl (C=O) groups excluding carboxylic acids is 1. The summed E-state index contributed by atoms with van der Waals surface area (Å²) in [5.41, 5.74) is 4.45. The van der Waals surface area contributed by atoms with Gasteiger partial charge in [-0.1, -0.05) is 24.3 Å². The van der Waals surface area contributed by atoms with Crippen molar-refractivity contribution in [2.75, 3.05) is 45.2 Å². The van der Waals surface area contributed by atoms with Crippen molar-refractivity contribution in [1.82, 2.24) is 19.4 Å². The van der Waals surface area contributed by atoms with Crippen LogP contribution in [0.1, 0.15) is 19.3 Å². The second-order valence-electron chi connectivity index (χ2n) is 9.51. The standard InChI is InChI=1S/C26H33N5O/c1-28(2)22-13-15-31(18-22)26(32)20-9-7-14-30(17-20)21-10-6-8-19(16-21)25-27-23-11-4-5-12-24(23)29(25)3/h4-6,8,10-12,16,20,22H,7,9,13-15,17-18H2,1-3H3/t20-,22?/m1/s1. The first kappa shape index (κ1) is 21.0. The summed E-state index contributed by atoms with van der Waals surface area (Å²) < 4.78 is 2.16. The smallest absolute Gasteiger partial charge is 0.227 e. The number of fused-ring (bicyclic) bond motifs is 1. The van der Waals surface area contributed by atoms with E-state index in [1.165, 1.54) is 5.69 Å². The van der Waals surface area contributed by atoms with Crippen molar-refractivity contribution >= 4 is 22.6 Å². The molecular formula is C26H33N5O. The van der Waals surface area contributed by atoms with Gasteiger partial charge in [0.1, 0.15) is 5.82 Å². The zero-order valence-electron chi connectivity index (χ0n) is 19.4. The fourth-order valence-corrected chi connectivity index (χ4v) is 5.28. The molecule has 6 nitrogen and oxygen atoms in total. The van der Waals surface area contributed by atoms with Crippen molar-refractivity contribution in [3.8, 4) is 11.4 Å². The summed E-state index contributed by atoms with van der Waals surface area (Å²) in [6.45, 7) is 3.55. The number of benzene rings is 2. The first-order valence-electron chi connectivity index (χ1n) is 11.7. The minimum absolute atomic E-state index is 0.0871. The van der Waals surface area contributed by atoms with E-state index in [0.29, 0.717) is 11.9 Å². The molecule has 2 atom stereocenters. The molecule has 6 heteroatoms. The van der Waals surface area contributed by atoms with Crippen LogP contribution in [0.3, 0.4) is 0 Å². The van der Waals surface area contributed by atoms with Crippen molar-refractivity contribution in [3.63, 3.8) is 0 Å². The van der Waals surface area contributed by atoms with Gasteiger partial charge in [-0.2, -0.15) is 0 Å². The average molecular weight is 432 g/mol. The fourth-order valence-electron chi connectivity index (χ4n) is 5.28. The van der Waals surface area contributed by atoms with Crippen LogP contribution in [-0.2, 0) is 11.8 Å².